The Kier molecular flexibility index (Phi) is 6.75. The van der Waals surface area contributed by atoms with E-state index in [1.54, 1.807) is 17.8 Å². The van der Waals surface area contributed by atoms with Gasteiger partial charge in [-0.2, -0.15) is 0 Å². The van der Waals surface area contributed by atoms with Crippen molar-refractivity contribution >= 4 is 29.3 Å². The van der Waals surface area contributed by atoms with Crippen LogP contribution in [0.15, 0.2) is 47.4 Å². The van der Waals surface area contributed by atoms with E-state index in [9.17, 15) is 9.59 Å². The first kappa shape index (κ1) is 20.9. The smallest absolute Gasteiger partial charge is 0.251 e. The van der Waals surface area contributed by atoms with Gasteiger partial charge in [0.2, 0.25) is 5.91 Å². The van der Waals surface area contributed by atoms with E-state index in [-0.39, 0.29) is 11.8 Å². The summed E-state index contributed by atoms with van der Waals surface area (Å²) in [5.41, 5.74) is 3.69. The first-order chi connectivity index (χ1) is 14.6. The van der Waals surface area contributed by atoms with Crippen molar-refractivity contribution < 1.29 is 9.59 Å². The lowest BCUT2D eigenvalue weighted by Gasteiger charge is -2.33. The highest BCUT2D eigenvalue weighted by atomic mass is 32.2. The molecule has 0 saturated carbocycles. The maximum Gasteiger partial charge on any atom is 0.251 e. The van der Waals surface area contributed by atoms with Gasteiger partial charge in [0.15, 0.2) is 0 Å². The highest BCUT2D eigenvalue weighted by molar-refractivity contribution is 7.99. The van der Waals surface area contributed by atoms with Gasteiger partial charge >= 0.3 is 0 Å². The summed E-state index contributed by atoms with van der Waals surface area (Å²) in [6, 6.07) is 14.7. The van der Waals surface area contributed by atoms with E-state index in [2.05, 4.69) is 46.7 Å². The molecule has 1 saturated heterocycles. The first-order valence-electron chi connectivity index (χ1n) is 10.8. The normalized spacial score (nSPS) is 19.5. The van der Waals surface area contributed by atoms with Gasteiger partial charge in [0.1, 0.15) is 0 Å². The minimum Gasteiger partial charge on any atom is -0.348 e. The number of nitrogens with zero attached hydrogens (tertiary/aromatic N) is 1. The van der Waals surface area contributed by atoms with E-state index in [1.165, 1.54) is 31.4 Å². The van der Waals surface area contributed by atoms with Crippen molar-refractivity contribution in [3.63, 3.8) is 0 Å². The molecular formula is C24H29N3O2S. The van der Waals surface area contributed by atoms with Gasteiger partial charge in [-0.25, -0.2) is 0 Å². The minimum atomic E-state index is -0.132. The summed E-state index contributed by atoms with van der Waals surface area (Å²) >= 11 is 1.64. The molecule has 1 atom stereocenters. The lowest BCUT2D eigenvalue weighted by atomic mass is 10.0. The summed E-state index contributed by atoms with van der Waals surface area (Å²) in [6.45, 7) is 4.97. The number of hydrogen-bond acceptors (Lipinski definition) is 4. The Hall–Kier alpha value is -2.31. The topological polar surface area (TPSA) is 61.4 Å². The number of rotatable bonds is 5. The highest BCUT2D eigenvalue weighted by Crippen LogP contribution is 2.31. The quantitative estimate of drug-likeness (QED) is 0.747. The third kappa shape index (κ3) is 5.24. The Morgan fingerprint density at radius 2 is 1.97 bits per heavy atom. The number of hydrogen-bond donors (Lipinski definition) is 2. The SMILES string of the molecule is CC1CCCCN1Cc1ccc(CNC(=O)c2ccc3c(c2)NC(=O)CCS3)cc1. The molecule has 2 aliphatic rings. The Bertz CT molecular complexity index is 913. The number of piperidine rings is 1. The number of benzene rings is 2. The molecule has 158 valence electrons. The van der Waals surface area contributed by atoms with Crippen LogP contribution in [0.4, 0.5) is 5.69 Å². The predicted molar refractivity (Wildman–Crippen MR) is 122 cm³/mol. The zero-order chi connectivity index (χ0) is 20.9. The van der Waals surface area contributed by atoms with Gasteiger partial charge < -0.3 is 10.6 Å². The number of fused-ring (bicyclic) bond motifs is 1. The Labute approximate surface area is 182 Å². The second-order valence-electron chi connectivity index (χ2n) is 8.17. The summed E-state index contributed by atoms with van der Waals surface area (Å²) in [5.74, 6) is 0.627. The van der Waals surface area contributed by atoms with Gasteiger partial charge in [-0.05, 0) is 55.6 Å². The molecule has 2 heterocycles. The van der Waals surface area contributed by atoms with Crippen LogP contribution in [-0.2, 0) is 17.9 Å². The lowest BCUT2D eigenvalue weighted by molar-refractivity contribution is -0.115. The molecule has 2 amide bonds. The molecule has 2 aromatic carbocycles. The number of nitrogens with one attached hydrogen (secondary N) is 2. The van der Waals surface area contributed by atoms with Crippen LogP contribution >= 0.6 is 11.8 Å². The number of anilines is 1. The van der Waals surface area contributed by atoms with E-state index >= 15 is 0 Å². The highest BCUT2D eigenvalue weighted by Gasteiger charge is 2.18. The van der Waals surface area contributed by atoms with Crippen molar-refractivity contribution in [3.05, 3.63) is 59.2 Å². The van der Waals surface area contributed by atoms with Gasteiger partial charge in [0.05, 0.1) is 5.69 Å². The van der Waals surface area contributed by atoms with E-state index in [0.717, 1.165) is 28.4 Å². The van der Waals surface area contributed by atoms with Crippen LogP contribution in [0, 0.1) is 0 Å². The predicted octanol–water partition coefficient (Wildman–Crippen LogP) is 4.43. The van der Waals surface area contributed by atoms with Gasteiger partial charge in [-0.1, -0.05) is 30.7 Å². The lowest BCUT2D eigenvalue weighted by Crippen LogP contribution is -2.36. The Morgan fingerprint density at radius 1 is 1.17 bits per heavy atom. The van der Waals surface area contributed by atoms with Gasteiger partial charge in [-0.15, -0.1) is 11.8 Å². The zero-order valence-electron chi connectivity index (χ0n) is 17.4. The molecule has 0 bridgehead atoms. The molecule has 2 N–H and O–H groups in total. The van der Waals surface area contributed by atoms with E-state index in [4.69, 9.17) is 0 Å². The maximum atomic E-state index is 12.6. The third-order valence-corrected chi connectivity index (χ3v) is 6.98. The van der Waals surface area contributed by atoms with Crippen molar-refractivity contribution in [2.24, 2.45) is 0 Å². The molecule has 2 aromatic rings. The van der Waals surface area contributed by atoms with Crippen LogP contribution in [0.2, 0.25) is 0 Å². The van der Waals surface area contributed by atoms with Crippen molar-refractivity contribution in [1.29, 1.82) is 0 Å². The summed E-state index contributed by atoms with van der Waals surface area (Å²) < 4.78 is 0. The molecule has 4 rings (SSSR count). The molecule has 1 unspecified atom stereocenters. The average molecular weight is 424 g/mol. The summed E-state index contributed by atoms with van der Waals surface area (Å²) in [5, 5.41) is 5.88. The summed E-state index contributed by atoms with van der Waals surface area (Å²) in [4.78, 5) is 27.9. The largest absolute Gasteiger partial charge is 0.348 e. The fourth-order valence-electron chi connectivity index (χ4n) is 4.04. The van der Waals surface area contributed by atoms with Crippen LogP contribution in [0.25, 0.3) is 0 Å². The first-order valence-corrected chi connectivity index (χ1v) is 11.7. The molecule has 6 heteroatoms. The minimum absolute atomic E-state index is 0.00200. The number of amides is 2. The van der Waals surface area contributed by atoms with Gasteiger partial charge in [0, 0.05) is 41.8 Å². The molecule has 0 aromatic heterocycles. The van der Waals surface area contributed by atoms with E-state index in [0.29, 0.717) is 24.6 Å². The summed E-state index contributed by atoms with van der Waals surface area (Å²) in [7, 11) is 0. The van der Waals surface area contributed by atoms with E-state index in [1.807, 2.05) is 12.1 Å². The standard InChI is InChI=1S/C24H29N3O2S/c1-17-4-2-3-12-27(17)16-19-7-5-18(6-8-19)15-25-24(29)20-9-10-22-21(14-20)26-23(28)11-13-30-22/h5-10,14,17H,2-4,11-13,15-16H2,1H3,(H,25,29)(H,26,28). The molecule has 0 radical (unpaired) electrons. The van der Waals surface area contributed by atoms with Gasteiger partial charge in [-0.3, -0.25) is 14.5 Å². The number of carbonyl (C=O) groups is 2. The van der Waals surface area contributed by atoms with Crippen molar-refractivity contribution in [2.75, 3.05) is 17.6 Å². The number of likely N-dealkylation sites (tertiary alicyclic amines) is 1. The van der Waals surface area contributed by atoms with Crippen LogP contribution in [0.5, 0.6) is 0 Å². The second kappa shape index (κ2) is 9.67. The maximum absolute atomic E-state index is 12.6. The van der Waals surface area contributed by atoms with Crippen LogP contribution in [0.3, 0.4) is 0 Å². The van der Waals surface area contributed by atoms with Gasteiger partial charge in [0.25, 0.3) is 5.91 Å². The Morgan fingerprint density at radius 3 is 2.77 bits per heavy atom. The number of thioether (sulfide) groups is 1. The van der Waals surface area contributed by atoms with E-state index < -0.39 is 0 Å². The fraction of sp³-hybridized carbons (Fsp3) is 0.417. The van der Waals surface area contributed by atoms with Crippen molar-refractivity contribution in [3.8, 4) is 0 Å². The number of carbonyl (C=O) groups excluding carboxylic acids is 2. The second-order valence-corrected chi connectivity index (χ2v) is 9.31. The molecule has 0 spiro atoms. The molecule has 1 fully saturated rings. The zero-order valence-corrected chi connectivity index (χ0v) is 18.3. The third-order valence-electron chi connectivity index (χ3n) is 5.90. The summed E-state index contributed by atoms with van der Waals surface area (Å²) in [6.07, 6.45) is 4.41. The average Bonchev–Trinajstić information content (AvgIpc) is 2.94. The Balaban J connectivity index is 1.33. The van der Waals surface area contributed by atoms with Crippen LogP contribution in [0.1, 0.15) is 54.1 Å². The molecule has 2 aliphatic heterocycles. The van der Waals surface area contributed by atoms with Crippen LogP contribution < -0.4 is 10.6 Å². The molecule has 0 aliphatic carbocycles. The van der Waals surface area contributed by atoms with Crippen molar-refractivity contribution in [2.45, 2.75) is 56.6 Å². The van der Waals surface area contributed by atoms with Crippen LogP contribution in [-0.4, -0.2) is 35.1 Å². The monoisotopic (exact) mass is 423 g/mol. The molecule has 30 heavy (non-hydrogen) atoms. The molecular weight excluding hydrogens is 394 g/mol. The van der Waals surface area contributed by atoms with Crippen molar-refractivity contribution in [1.82, 2.24) is 10.2 Å². The fourth-order valence-corrected chi connectivity index (χ4v) is 4.97. The molecule has 5 nitrogen and oxygen atoms in total.